The van der Waals surface area contributed by atoms with Gasteiger partial charge in [0, 0.05) is 26.9 Å². The van der Waals surface area contributed by atoms with E-state index >= 15 is 0 Å². The van der Waals surface area contributed by atoms with Crippen molar-refractivity contribution >= 4 is 43.8 Å². The lowest BCUT2D eigenvalue weighted by atomic mass is 10.1. The van der Waals surface area contributed by atoms with Crippen molar-refractivity contribution in [2.45, 2.75) is 0 Å². The van der Waals surface area contributed by atoms with Crippen LogP contribution in [0.15, 0.2) is 90.9 Å². The molecule has 0 aliphatic rings. The number of furan rings is 1. The highest BCUT2D eigenvalue weighted by atomic mass is 79.9. The number of hydrogen-bond acceptors (Lipinski definition) is 6. The average molecular weight is 491 g/mol. The van der Waals surface area contributed by atoms with Crippen LogP contribution < -0.4 is 15.1 Å². The molecule has 2 heterocycles. The van der Waals surface area contributed by atoms with Gasteiger partial charge in [-0.25, -0.2) is 9.59 Å². The van der Waals surface area contributed by atoms with E-state index in [-0.39, 0.29) is 0 Å². The van der Waals surface area contributed by atoms with E-state index < -0.39 is 11.6 Å². The normalized spacial score (nSPS) is 11.1. The topological polar surface area (TPSA) is 78.9 Å². The number of carbonyl (C=O) groups is 1. The molecule has 0 atom stereocenters. The first-order valence-electron chi connectivity index (χ1n) is 9.65. The minimum Gasteiger partial charge on any atom is -0.493 e. The molecule has 0 aliphatic carbocycles. The van der Waals surface area contributed by atoms with Crippen LogP contribution in [0.4, 0.5) is 0 Å². The maximum Gasteiger partial charge on any atom is 0.344 e. The fraction of sp³-hybridized carbons (Fsp3) is 0.0400. The van der Waals surface area contributed by atoms with Crippen LogP contribution in [0.3, 0.4) is 0 Å². The summed E-state index contributed by atoms with van der Waals surface area (Å²) in [7, 11) is 1.56. The number of halogens is 1. The second-order valence-corrected chi connectivity index (χ2v) is 7.85. The molecule has 0 saturated carbocycles. The maximum absolute atomic E-state index is 12.6. The zero-order valence-corrected chi connectivity index (χ0v) is 18.3. The quantitative estimate of drug-likeness (QED) is 0.169. The molecule has 0 fully saturated rings. The lowest BCUT2D eigenvalue weighted by Gasteiger charge is -2.08. The molecule has 6 nitrogen and oxygen atoms in total. The predicted molar refractivity (Wildman–Crippen MR) is 123 cm³/mol. The third-order valence-electron chi connectivity index (χ3n) is 5.01. The van der Waals surface area contributed by atoms with Crippen molar-refractivity contribution in [2.75, 3.05) is 7.11 Å². The van der Waals surface area contributed by atoms with Crippen LogP contribution in [0.2, 0.25) is 0 Å². The highest BCUT2D eigenvalue weighted by molar-refractivity contribution is 9.10. The summed E-state index contributed by atoms with van der Waals surface area (Å²) in [5.41, 5.74) is 1.33. The first-order valence-corrected chi connectivity index (χ1v) is 10.4. The molecule has 0 N–H and O–H groups in total. The minimum atomic E-state index is -0.516. The summed E-state index contributed by atoms with van der Waals surface area (Å²) in [6.45, 7) is 0. The van der Waals surface area contributed by atoms with Crippen molar-refractivity contribution in [2.24, 2.45) is 0 Å². The number of esters is 1. The largest absolute Gasteiger partial charge is 0.493 e. The van der Waals surface area contributed by atoms with E-state index in [2.05, 4.69) is 15.9 Å². The molecule has 5 aromatic rings. The van der Waals surface area contributed by atoms with Crippen LogP contribution in [0.5, 0.6) is 11.5 Å². The van der Waals surface area contributed by atoms with Gasteiger partial charge < -0.3 is 18.3 Å². The van der Waals surface area contributed by atoms with Gasteiger partial charge in [0.1, 0.15) is 17.1 Å². The summed E-state index contributed by atoms with van der Waals surface area (Å²) in [6, 6.07) is 20.5. The Hall–Kier alpha value is -3.84. The van der Waals surface area contributed by atoms with Gasteiger partial charge in [-0.05, 0) is 58.4 Å². The Kier molecular flexibility index (Phi) is 5.03. The fourth-order valence-corrected chi connectivity index (χ4v) is 3.97. The third kappa shape index (κ3) is 3.56. The van der Waals surface area contributed by atoms with Gasteiger partial charge in [-0.3, -0.25) is 0 Å². The summed E-state index contributed by atoms with van der Waals surface area (Å²) in [6.07, 6.45) is 0. The summed E-state index contributed by atoms with van der Waals surface area (Å²) >= 11 is 3.36. The number of benzene rings is 3. The molecule has 0 aliphatic heterocycles. The Labute approximate surface area is 190 Å². The lowest BCUT2D eigenvalue weighted by molar-refractivity contribution is 0.0734. The molecule has 0 amide bonds. The first-order chi connectivity index (χ1) is 15.5. The van der Waals surface area contributed by atoms with E-state index in [0.717, 1.165) is 5.39 Å². The summed E-state index contributed by atoms with van der Waals surface area (Å²) in [5, 5.41) is 1.40. The molecule has 3 aromatic carbocycles. The van der Waals surface area contributed by atoms with Crippen molar-refractivity contribution in [3.63, 3.8) is 0 Å². The monoisotopic (exact) mass is 490 g/mol. The molecular weight excluding hydrogens is 476 g/mol. The first kappa shape index (κ1) is 20.1. The van der Waals surface area contributed by atoms with E-state index in [1.54, 1.807) is 49.6 Å². The van der Waals surface area contributed by atoms with Gasteiger partial charge in [-0.15, -0.1) is 0 Å². The number of carbonyl (C=O) groups excluding carboxylic acids is 1. The molecule has 5 rings (SSSR count). The molecule has 2 aromatic heterocycles. The maximum atomic E-state index is 12.6. The van der Waals surface area contributed by atoms with Crippen LogP contribution in [0.1, 0.15) is 10.4 Å². The van der Waals surface area contributed by atoms with Crippen molar-refractivity contribution in [1.29, 1.82) is 0 Å². The number of para-hydroxylation sites is 1. The zero-order valence-electron chi connectivity index (χ0n) is 16.8. The van der Waals surface area contributed by atoms with Crippen LogP contribution in [-0.2, 0) is 0 Å². The van der Waals surface area contributed by atoms with Crippen LogP contribution in [0, 0.1) is 0 Å². The zero-order chi connectivity index (χ0) is 22.2. The molecule has 0 unspecified atom stereocenters. The second-order valence-electron chi connectivity index (χ2n) is 7.00. The number of methoxy groups -OCH3 is 1. The van der Waals surface area contributed by atoms with Crippen molar-refractivity contribution in [1.82, 2.24) is 0 Å². The molecular formula is C25H15BrO6. The van der Waals surface area contributed by atoms with Gasteiger partial charge in [-0.1, -0.05) is 24.3 Å². The molecule has 32 heavy (non-hydrogen) atoms. The van der Waals surface area contributed by atoms with E-state index in [4.69, 9.17) is 18.3 Å². The van der Waals surface area contributed by atoms with E-state index in [0.29, 0.717) is 49.4 Å². The van der Waals surface area contributed by atoms with Gasteiger partial charge in [0.05, 0.1) is 12.7 Å². The second kappa shape index (κ2) is 8.01. The molecule has 0 radical (unpaired) electrons. The van der Waals surface area contributed by atoms with Crippen LogP contribution in [0.25, 0.3) is 33.3 Å². The average Bonchev–Trinajstić information content (AvgIpc) is 3.23. The van der Waals surface area contributed by atoms with E-state index in [1.165, 1.54) is 6.07 Å². The van der Waals surface area contributed by atoms with Crippen molar-refractivity contribution < 1.29 is 23.1 Å². The van der Waals surface area contributed by atoms with Crippen LogP contribution in [-0.4, -0.2) is 13.1 Å². The molecule has 0 bridgehead atoms. The Morgan fingerprint density at radius 3 is 2.59 bits per heavy atom. The molecule has 7 heteroatoms. The van der Waals surface area contributed by atoms with Gasteiger partial charge in [-0.2, -0.15) is 0 Å². The SMILES string of the molecule is COc1cccc2cc(-c3cc(=O)oc4ccc(OC(=O)c5ccccc5Br)cc34)oc12. The minimum absolute atomic E-state index is 0.307. The Morgan fingerprint density at radius 1 is 0.938 bits per heavy atom. The Bertz CT molecular complexity index is 1550. The standard InChI is InChI=1S/C25H15BrO6/c1-29-21-8-4-5-14-11-22(32-24(14)21)18-13-23(27)31-20-10-9-15(12-17(18)20)30-25(28)16-6-2-3-7-19(16)26/h2-13H,1H3. The van der Waals surface area contributed by atoms with Gasteiger partial charge in [0.2, 0.25) is 0 Å². The molecule has 158 valence electrons. The fourth-order valence-electron chi connectivity index (χ4n) is 3.53. The van der Waals surface area contributed by atoms with E-state index in [9.17, 15) is 9.59 Å². The summed E-state index contributed by atoms with van der Waals surface area (Å²) < 4.78 is 22.9. The number of fused-ring (bicyclic) bond motifs is 2. The number of ether oxygens (including phenoxy) is 2. The summed E-state index contributed by atoms with van der Waals surface area (Å²) in [4.78, 5) is 24.8. The highest BCUT2D eigenvalue weighted by Gasteiger charge is 2.17. The van der Waals surface area contributed by atoms with Gasteiger partial charge in [0.25, 0.3) is 0 Å². The number of rotatable bonds is 4. The molecule has 0 saturated heterocycles. The lowest BCUT2D eigenvalue weighted by Crippen LogP contribution is -2.09. The highest BCUT2D eigenvalue weighted by Crippen LogP contribution is 2.36. The van der Waals surface area contributed by atoms with E-state index in [1.807, 2.05) is 24.3 Å². The van der Waals surface area contributed by atoms with Crippen molar-refractivity contribution in [3.05, 3.63) is 93.3 Å². The number of hydrogen-bond donors (Lipinski definition) is 0. The van der Waals surface area contributed by atoms with Crippen LogP contribution >= 0.6 is 15.9 Å². The van der Waals surface area contributed by atoms with Crippen molar-refractivity contribution in [3.8, 4) is 22.8 Å². The Morgan fingerprint density at radius 2 is 1.78 bits per heavy atom. The molecule has 0 spiro atoms. The Balaban J connectivity index is 1.61. The third-order valence-corrected chi connectivity index (χ3v) is 5.70. The summed E-state index contributed by atoms with van der Waals surface area (Å²) in [5.74, 6) is 0.854. The smallest absolute Gasteiger partial charge is 0.344 e. The van der Waals surface area contributed by atoms with Gasteiger partial charge >= 0.3 is 11.6 Å². The van der Waals surface area contributed by atoms with Gasteiger partial charge in [0.15, 0.2) is 11.3 Å². The predicted octanol–water partition coefficient (Wildman–Crippen LogP) is 6.20.